The number of hydrogen-bond acceptors (Lipinski definition) is 0. The third-order valence-electron chi connectivity index (χ3n) is 11.1. The fourth-order valence-electron chi connectivity index (χ4n) is 8.64. The third kappa shape index (κ3) is 4.74. The van der Waals surface area contributed by atoms with Gasteiger partial charge in [0, 0.05) is 32.9 Å². The van der Waals surface area contributed by atoms with Gasteiger partial charge in [0.25, 0.3) is 0 Å². The van der Waals surface area contributed by atoms with Gasteiger partial charge in [0.2, 0.25) is 0 Å². The van der Waals surface area contributed by atoms with Gasteiger partial charge < -0.3 is 9.13 Å². The molecule has 2 heterocycles. The monoisotopic (exact) mass is 686 g/mol. The normalized spacial score (nSPS) is 11.7. The Bertz CT molecular complexity index is 3160. The molecule has 11 rings (SSSR count). The Morgan fingerprint density at radius 1 is 0.259 bits per heavy atom. The van der Waals surface area contributed by atoms with E-state index in [2.05, 4.69) is 215 Å². The summed E-state index contributed by atoms with van der Waals surface area (Å²) in [6, 6.07) is 75.1. The molecule has 0 unspecified atom stereocenters. The standard InChI is InChI=1S/C52H34N2/c1-3-12-35(13-4-1)37-22-27-41(28-23-37)53-47-21-10-9-19-45(47)51-49(53)32-33-50-52(51)46-34-40(36-14-5-2-6-15-36)26-31-48(46)54(50)42-29-24-39(25-30-42)44-20-11-17-38-16-7-8-18-43(38)44/h1-34H. The Kier molecular flexibility index (Phi) is 6.90. The number of hydrogen-bond donors (Lipinski definition) is 0. The maximum absolute atomic E-state index is 2.45. The van der Waals surface area contributed by atoms with Crippen LogP contribution in [0.1, 0.15) is 0 Å². The van der Waals surface area contributed by atoms with Crippen LogP contribution in [0, 0.1) is 0 Å². The van der Waals surface area contributed by atoms with Crippen LogP contribution in [-0.2, 0) is 0 Å². The molecule has 11 aromatic rings. The zero-order valence-corrected chi connectivity index (χ0v) is 29.5. The van der Waals surface area contributed by atoms with Gasteiger partial charge in [-0.05, 0) is 98.8 Å². The average Bonchev–Trinajstić information content (AvgIpc) is 3.77. The highest BCUT2D eigenvalue weighted by Crippen LogP contribution is 2.43. The number of para-hydroxylation sites is 1. The molecule has 0 amide bonds. The molecule has 0 aliphatic carbocycles. The van der Waals surface area contributed by atoms with Gasteiger partial charge in [-0.1, -0.05) is 152 Å². The van der Waals surface area contributed by atoms with Gasteiger partial charge in [-0.25, -0.2) is 0 Å². The molecule has 0 N–H and O–H groups in total. The SMILES string of the molecule is c1ccc(-c2ccc(-n3c4ccccc4c4c5c6cc(-c7ccccc7)ccc6n(-c6ccc(-c7cccc8ccccc78)cc6)c5ccc43)cc2)cc1. The highest BCUT2D eigenvalue weighted by molar-refractivity contribution is 6.29. The van der Waals surface area contributed by atoms with E-state index >= 15 is 0 Å². The van der Waals surface area contributed by atoms with E-state index in [4.69, 9.17) is 0 Å². The van der Waals surface area contributed by atoms with Crippen molar-refractivity contribution < 1.29 is 0 Å². The predicted molar refractivity (Wildman–Crippen MR) is 229 cm³/mol. The number of benzene rings is 9. The number of aromatic nitrogens is 2. The first-order valence-corrected chi connectivity index (χ1v) is 18.6. The Morgan fingerprint density at radius 3 is 1.41 bits per heavy atom. The summed E-state index contributed by atoms with van der Waals surface area (Å²) < 4.78 is 4.88. The van der Waals surface area contributed by atoms with Crippen molar-refractivity contribution in [3.8, 4) is 44.8 Å². The van der Waals surface area contributed by atoms with Crippen LogP contribution in [0.4, 0.5) is 0 Å². The van der Waals surface area contributed by atoms with Crippen molar-refractivity contribution in [2.24, 2.45) is 0 Å². The third-order valence-corrected chi connectivity index (χ3v) is 11.1. The van der Waals surface area contributed by atoms with Gasteiger partial charge in [-0.15, -0.1) is 0 Å². The van der Waals surface area contributed by atoms with Crippen molar-refractivity contribution in [1.82, 2.24) is 9.13 Å². The first-order chi connectivity index (χ1) is 26.8. The van der Waals surface area contributed by atoms with Gasteiger partial charge in [-0.3, -0.25) is 0 Å². The molecule has 2 aromatic heterocycles. The van der Waals surface area contributed by atoms with E-state index < -0.39 is 0 Å². The number of rotatable bonds is 5. The minimum atomic E-state index is 1.14. The summed E-state index contributed by atoms with van der Waals surface area (Å²) in [6.07, 6.45) is 0. The van der Waals surface area contributed by atoms with Crippen molar-refractivity contribution >= 4 is 54.4 Å². The van der Waals surface area contributed by atoms with Gasteiger partial charge >= 0.3 is 0 Å². The summed E-state index contributed by atoms with van der Waals surface area (Å²) in [7, 11) is 0. The first-order valence-electron chi connectivity index (χ1n) is 18.6. The van der Waals surface area contributed by atoms with E-state index in [1.165, 1.54) is 87.8 Å². The summed E-state index contributed by atoms with van der Waals surface area (Å²) in [6.45, 7) is 0. The fraction of sp³-hybridized carbons (Fsp3) is 0. The molecule has 0 radical (unpaired) electrons. The number of fused-ring (bicyclic) bond motifs is 8. The molecule has 2 nitrogen and oxygen atoms in total. The molecular weight excluding hydrogens is 653 g/mol. The smallest absolute Gasteiger partial charge is 0.0548 e. The van der Waals surface area contributed by atoms with Crippen LogP contribution in [0.5, 0.6) is 0 Å². The zero-order valence-electron chi connectivity index (χ0n) is 29.5. The van der Waals surface area contributed by atoms with Crippen LogP contribution >= 0.6 is 0 Å². The summed E-state index contributed by atoms with van der Waals surface area (Å²) in [5.41, 5.74) is 14.4. The van der Waals surface area contributed by atoms with Crippen molar-refractivity contribution in [2.75, 3.05) is 0 Å². The van der Waals surface area contributed by atoms with Gasteiger partial charge in [0.1, 0.15) is 0 Å². The predicted octanol–water partition coefficient (Wildman–Crippen LogP) is 14.0. The highest BCUT2D eigenvalue weighted by Gasteiger charge is 2.21. The molecule has 0 bridgehead atoms. The topological polar surface area (TPSA) is 9.86 Å². The lowest BCUT2D eigenvalue weighted by Gasteiger charge is -2.12. The van der Waals surface area contributed by atoms with Gasteiger partial charge in [-0.2, -0.15) is 0 Å². The molecule has 2 heteroatoms. The molecule has 0 spiro atoms. The molecule has 0 saturated heterocycles. The lowest BCUT2D eigenvalue weighted by molar-refractivity contribution is 1.17. The largest absolute Gasteiger partial charge is 0.309 e. The molecule has 0 aliphatic heterocycles. The van der Waals surface area contributed by atoms with Crippen LogP contribution in [0.15, 0.2) is 206 Å². The summed E-state index contributed by atoms with van der Waals surface area (Å²) >= 11 is 0. The second kappa shape index (κ2) is 12.2. The molecule has 54 heavy (non-hydrogen) atoms. The van der Waals surface area contributed by atoms with Crippen LogP contribution < -0.4 is 0 Å². The molecule has 0 aliphatic rings. The van der Waals surface area contributed by atoms with Crippen molar-refractivity contribution in [3.05, 3.63) is 206 Å². The van der Waals surface area contributed by atoms with E-state index in [0.29, 0.717) is 0 Å². The van der Waals surface area contributed by atoms with E-state index in [0.717, 1.165) is 11.4 Å². The Labute approximate surface area is 313 Å². The summed E-state index contributed by atoms with van der Waals surface area (Å²) in [4.78, 5) is 0. The number of nitrogens with zero attached hydrogens (tertiary/aromatic N) is 2. The molecule has 252 valence electrons. The molecular formula is C52H34N2. The Hall–Kier alpha value is -7.16. The summed E-state index contributed by atoms with van der Waals surface area (Å²) in [5.74, 6) is 0. The quantitative estimate of drug-likeness (QED) is 0.171. The van der Waals surface area contributed by atoms with Crippen LogP contribution in [0.25, 0.3) is 99.1 Å². The zero-order chi connectivity index (χ0) is 35.6. The lowest BCUT2D eigenvalue weighted by Crippen LogP contribution is -1.95. The average molecular weight is 687 g/mol. The second-order valence-corrected chi connectivity index (χ2v) is 14.1. The van der Waals surface area contributed by atoms with Crippen molar-refractivity contribution in [2.45, 2.75) is 0 Å². The van der Waals surface area contributed by atoms with Crippen molar-refractivity contribution in [3.63, 3.8) is 0 Å². The maximum atomic E-state index is 2.45. The maximum Gasteiger partial charge on any atom is 0.0548 e. The van der Waals surface area contributed by atoms with Crippen LogP contribution in [0.3, 0.4) is 0 Å². The highest BCUT2D eigenvalue weighted by atomic mass is 15.0. The van der Waals surface area contributed by atoms with E-state index in [1.54, 1.807) is 0 Å². The fourth-order valence-corrected chi connectivity index (χ4v) is 8.64. The summed E-state index contributed by atoms with van der Waals surface area (Å²) in [5, 5.41) is 7.57. The van der Waals surface area contributed by atoms with Crippen LogP contribution in [-0.4, -0.2) is 9.13 Å². The van der Waals surface area contributed by atoms with Crippen molar-refractivity contribution in [1.29, 1.82) is 0 Å². The Morgan fingerprint density at radius 2 is 0.722 bits per heavy atom. The molecule has 0 saturated carbocycles. The minimum absolute atomic E-state index is 1.14. The molecule has 9 aromatic carbocycles. The van der Waals surface area contributed by atoms with E-state index in [1.807, 2.05) is 0 Å². The molecule has 0 fully saturated rings. The minimum Gasteiger partial charge on any atom is -0.309 e. The second-order valence-electron chi connectivity index (χ2n) is 14.1. The first kappa shape index (κ1) is 30.5. The van der Waals surface area contributed by atoms with E-state index in [-0.39, 0.29) is 0 Å². The van der Waals surface area contributed by atoms with Crippen LogP contribution in [0.2, 0.25) is 0 Å². The van der Waals surface area contributed by atoms with Gasteiger partial charge in [0.15, 0.2) is 0 Å². The Balaban J connectivity index is 1.16. The lowest BCUT2D eigenvalue weighted by atomic mass is 9.98. The van der Waals surface area contributed by atoms with E-state index in [9.17, 15) is 0 Å². The molecule has 0 atom stereocenters. The van der Waals surface area contributed by atoms with Gasteiger partial charge in [0.05, 0.1) is 22.1 Å².